The molecule has 27 heavy (non-hydrogen) atoms. The zero-order valence-electron chi connectivity index (χ0n) is 19.2. The van der Waals surface area contributed by atoms with Crippen molar-refractivity contribution in [1.82, 2.24) is 0 Å². The summed E-state index contributed by atoms with van der Waals surface area (Å²) < 4.78 is 24.2. The topological polar surface area (TPSA) is 36.9 Å². The fourth-order valence-electron chi connectivity index (χ4n) is 3.76. The van der Waals surface area contributed by atoms with Crippen molar-refractivity contribution in [3.05, 3.63) is 0 Å². The number of rotatable bonds is 20. The first-order chi connectivity index (χ1) is 13.1. The molecule has 0 rings (SSSR count). The van der Waals surface area contributed by atoms with Gasteiger partial charge in [-0.05, 0) is 46.5 Å². The molecule has 0 amide bonds. The van der Waals surface area contributed by atoms with Crippen molar-refractivity contribution in [2.24, 2.45) is 5.41 Å². The van der Waals surface area contributed by atoms with Gasteiger partial charge in [0, 0.05) is 38.4 Å². The lowest BCUT2D eigenvalue weighted by atomic mass is 9.77. The molecule has 1 atom stereocenters. The van der Waals surface area contributed by atoms with E-state index in [9.17, 15) is 0 Å². The van der Waals surface area contributed by atoms with Crippen molar-refractivity contribution in [2.75, 3.05) is 33.0 Å². The van der Waals surface area contributed by atoms with E-state index < -0.39 is 5.97 Å². The Bertz CT molecular complexity index is 304. The predicted octanol–water partition coefficient (Wildman–Crippen LogP) is 6.71. The van der Waals surface area contributed by atoms with E-state index >= 15 is 0 Å². The summed E-state index contributed by atoms with van der Waals surface area (Å²) in [5.74, 6) is -0.959. The van der Waals surface area contributed by atoms with E-state index in [0.717, 1.165) is 38.9 Å². The Morgan fingerprint density at radius 1 is 0.556 bits per heavy atom. The average molecular weight is 389 g/mol. The molecule has 0 aliphatic heterocycles. The lowest BCUT2D eigenvalue weighted by Crippen LogP contribution is -2.53. The van der Waals surface area contributed by atoms with E-state index in [1.54, 1.807) is 0 Å². The fraction of sp³-hybridized carbons (Fsp3) is 1.00. The molecule has 0 saturated heterocycles. The molecule has 0 heterocycles. The summed E-state index contributed by atoms with van der Waals surface area (Å²) in [4.78, 5) is 0. The first-order valence-corrected chi connectivity index (χ1v) is 11.5. The fourth-order valence-corrected chi connectivity index (χ4v) is 3.76. The maximum absolute atomic E-state index is 6.16. The van der Waals surface area contributed by atoms with Crippen LogP contribution in [0, 0.1) is 5.41 Å². The zero-order chi connectivity index (χ0) is 20.4. The van der Waals surface area contributed by atoms with Gasteiger partial charge in [-0.15, -0.1) is 0 Å². The Hall–Kier alpha value is -0.160. The first-order valence-electron chi connectivity index (χ1n) is 11.5. The largest absolute Gasteiger partial charge is 0.381 e. The van der Waals surface area contributed by atoms with E-state index in [1.165, 1.54) is 38.5 Å². The molecule has 0 radical (unpaired) electrons. The molecule has 0 aromatic carbocycles. The van der Waals surface area contributed by atoms with Crippen molar-refractivity contribution in [1.29, 1.82) is 0 Å². The van der Waals surface area contributed by atoms with Crippen LogP contribution >= 0.6 is 0 Å². The maximum Gasteiger partial charge on any atom is 0.288 e. The number of hydrogen-bond donors (Lipinski definition) is 0. The highest BCUT2D eigenvalue weighted by atomic mass is 16.9. The van der Waals surface area contributed by atoms with Gasteiger partial charge in [-0.25, -0.2) is 0 Å². The quantitative estimate of drug-likeness (QED) is 0.171. The smallest absolute Gasteiger partial charge is 0.288 e. The minimum atomic E-state index is -0.959. The van der Waals surface area contributed by atoms with Crippen LogP contribution in [0.1, 0.15) is 106 Å². The van der Waals surface area contributed by atoms with Gasteiger partial charge in [-0.3, -0.25) is 0 Å². The molecule has 0 bridgehead atoms. The normalized spacial score (nSPS) is 14.4. The van der Waals surface area contributed by atoms with E-state index in [4.69, 9.17) is 18.9 Å². The van der Waals surface area contributed by atoms with Gasteiger partial charge in [0.05, 0.1) is 0 Å². The van der Waals surface area contributed by atoms with Gasteiger partial charge >= 0.3 is 0 Å². The minimum absolute atomic E-state index is 0.185. The van der Waals surface area contributed by atoms with Crippen molar-refractivity contribution < 1.29 is 18.9 Å². The molecule has 4 heteroatoms. The van der Waals surface area contributed by atoms with Crippen LogP contribution in [0.2, 0.25) is 0 Å². The average Bonchev–Trinajstić information content (AvgIpc) is 2.65. The Kier molecular flexibility index (Phi) is 16.7. The highest BCUT2D eigenvalue weighted by Crippen LogP contribution is 2.45. The van der Waals surface area contributed by atoms with Gasteiger partial charge < -0.3 is 18.9 Å². The molecule has 164 valence electrons. The Morgan fingerprint density at radius 2 is 1.07 bits per heavy atom. The Morgan fingerprint density at radius 3 is 1.59 bits per heavy atom. The summed E-state index contributed by atoms with van der Waals surface area (Å²) in [7, 11) is 0. The van der Waals surface area contributed by atoms with E-state index in [0.29, 0.717) is 19.8 Å². The molecule has 0 saturated carbocycles. The predicted molar refractivity (Wildman–Crippen MR) is 114 cm³/mol. The number of hydrogen-bond acceptors (Lipinski definition) is 4. The van der Waals surface area contributed by atoms with Crippen LogP contribution in [-0.4, -0.2) is 39.0 Å². The van der Waals surface area contributed by atoms with Crippen molar-refractivity contribution >= 4 is 0 Å². The molecule has 0 aromatic rings. The SMILES string of the molecule is CCCCCCCC[C@](C)(CCCOCCC)C(OCC)(OCC)OCC. The van der Waals surface area contributed by atoms with Crippen LogP contribution in [0.3, 0.4) is 0 Å². The third-order valence-corrected chi connectivity index (χ3v) is 5.19. The van der Waals surface area contributed by atoms with Gasteiger partial charge in [-0.2, -0.15) is 0 Å². The van der Waals surface area contributed by atoms with Crippen molar-refractivity contribution in [3.63, 3.8) is 0 Å². The lowest BCUT2D eigenvalue weighted by Gasteiger charge is -2.47. The van der Waals surface area contributed by atoms with Gasteiger partial charge in [0.25, 0.3) is 5.97 Å². The second kappa shape index (κ2) is 16.8. The van der Waals surface area contributed by atoms with Crippen molar-refractivity contribution in [3.8, 4) is 0 Å². The van der Waals surface area contributed by atoms with E-state index in [2.05, 4.69) is 20.8 Å². The number of unbranched alkanes of at least 4 members (excludes halogenated alkanes) is 5. The summed E-state index contributed by atoms with van der Waals surface area (Å²) in [6.07, 6.45) is 11.8. The summed E-state index contributed by atoms with van der Waals surface area (Å²) in [5.41, 5.74) is -0.185. The summed E-state index contributed by atoms with van der Waals surface area (Å²) >= 11 is 0. The van der Waals surface area contributed by atoms with E-state index in [-0.39, 0.29) is 5.41 Å². The Labute approximate surface area is 169 Å². The molecule has 0 aliphatic carbocycles. The van der Waals surface area contributed by atoms with Crippen molar-refractivity contribution in [2.45, 2.75) is 112 Å². The third kappa shape index (κ3) is 10.3. The van der Waals surface area contributed by atoms with Gasteiger partial charge in [0.2, 0.25) is 0 Å². The lowest BCUT2D eigenvalue weighted by molar-refractivity contribution is -0.427. The maximum atomic E-state index is 6.16. The molecule has 0 spiro atoms. The van der Waals surface area contributed by atoms with Crippen LogP contribution in [0.15, 0.2) is 0 Å². The second-order valence-electron chi connectivity index (χ2n) is 7.65. The third-order valence-electron chi connectivity index (χ3n) is 5.19. The minimum Gasteiger partial charge on any atom is -0.381 e. The standard InChI is InChI=1S/C23H48O4/c1-7-12-13-14-15-16-18-22(6,19-17-21-24-20-8-2)23(25-9-3,26-10-4)27-11-5/h7-21H2,1-6H3/t22-/m1/s1. The summed E-state index contributed by atoms with van der Waals surface area (Å²) in [5, 5.41) is 0. The zero-order valence-corrected chi connectivity index (χ0v) is 19.2. The van der Waals surface area contributed by atoms with Crippen LogP contribution in [0.25, 0.3) is 0 Å². The first kappa shape index (κ1) is 26.8. The Balaban J connectivity index is 5.05. The second-order valence-corrected chi connectivity index (χ2v) is 7.65. The molecule has 0 unspecified atom stereocenters. The monoisotopic (exact) mass is 388 g/mol. The molecule has 0 fully saturated rings. The van der Waals surface area contributed by atoms with Crippen LogP contribution < -0.4 is 0 Å². The molecule has 0 aromatic heterocycles. The number of ether oxygens (including phenoxy) is 4. The van der Waals surface area contributed by atoms with Gasteiger partial charge in [0.1, 0.15) is 0 Å². The van der Waals surface area contributed by atoms with Crippen LogP contribution in [0.5, 0.6) is 0 Å². The van der Waals surface area contributed by atoms with Crippen LogP contribution in [-0.2, 0) is 18.9 Å². The summed E-state index contributed by atoms with van der Waals surface area (Å²) in [6.45, 7) is 16.1. The molecular weight excluding hydrogens is 340 g/mol. The van der Waals surface area contributed by atoms with Gasteiger partial charge in [-0.1, -0.05) is 59.3 Å². The van der Waals surface area contributed by atoms with E-state index in [1.807, 2.05) is 20.8 Å². The summed E-state index contributed by atoms with van der Waals surface area (Å²) in [6, 6.07) is 0. The highest BCUT2D eigenvalue weighted by molar-refractivity contribution is 4.85. The molecule has 4 nitrogen and oxygen atoms in total. The molecule has 0 aliphatic rings. The van der Waals surface area contributed by atoms with Gasteiger partial charge in [0.15, 0.2) is 0 Å². The molecule has 0 N–H and O–H groups in total. The highest BCUT2D eigenvalue weighted by Gasteiger charge is 2.51. The molecular formula is C23H48O4. The van der Waals surface area contributed by atoms with Crippen LogP contribution in [0.4, 0.5) is 0 Å².